The Hall–Kier alpha value is -1.14. The quantitative estimate of drug-likeness (QED) is 0.572. The number of rotatable bonds is 3. The number of alkyl halides is 3. The Balaban J connectivity index is 2.67. The van der Waals surface area contributed by atoms with Crippen molar-refractivity contribution in [1.82, 2.24) is 10.4 Å². The largest absolute Gasteiger partial charge is 0.405 e. The standard InChI is InChI=1S/C8H10F3N3/c9-8(10,11)7(14-12)4-6-2-1-3-13-5-6/h1-3,5,7,14H,4,12H2. The van der Waals surface area contributed by atoms with Crippen LogP contribution in [-0.4, -0.2) is 17.2 Å². The van der Waals surface area contributed by atoms with E-state index in [-0.39, 0.29) is 6.42 Å². The van der Waals surface area contributed by atoms with Crippen LogP contribution in [0, 0.1) is 0 Å². The molecule has 1 unspecified atom stereocenters. The van der Waals surface area contributed by atoms with Crippen molar-refractivity contribution in [2.75, 3.05) is 0 Å². The third-order valence-electron chi connectivity index (χ3n) is 1.76. The fraction of sp³-hybridized carbons (Fsp3) is 0.375. The van der Waals surface area contributed by atoms with E-state index in [0.29, 0.717) is 5.56 Å². The highest BCUT2D eigenvalue weighted by Gasteiger charge is 2.38. The van der Waals surface area contributed by atoms with Gasteiger partial charge in [-0.15, -0.1) is 0 Å². The molecule has 6 heteroatoms. The van der Waals surface area contributed by atoms with Gasteiger partial charge in [-0.3, -0.25) is 10.8 Å². The molecule has 0 amide bonds. The lowest BCUT2D eigenvalue weighted by atomic mass is 10.1. The van der Waals surface area contributed by atoms with Gasteiger partial charge >= 0.3 is 6.18 Å². The van der Waals surface area contributed by atoms with E-state index in [1.807, 2.05) is 0 Å². The molecule has 0 aromatic carbocycles. The number of hydrogen-bond donors (Lipinski definition) is 2. The van der Waals surface area contributed by atoms with Crippen molar-refractivity contribution >= 4 is 0 Å². The van der Waals surface area contributed by atoms with Crippen molar-refractivity contribution in [1.29, 1.82) is 0 Å². The minimum Gasteiger partial charge on any atom is -0.271 e. The van der Waals surface area contributed by atoms with Gasteiger partial charge < -0.3 is 0 Å². The van der Waals surface area contributed by atoms with E-state index in [4.69, 9.17) is 5.84 Å². The summed E-state index contributed by atoms with van der Waals surface area (Å²) >= 11 is 0. The van der Waals surface area contributed by atoms with Crippen molar-refractivity contribution in [2.45, 2.75) is 18.6 Å². The van der Waals surface area contributed by atoms with Crippen LogP contribution in [-0.2, 0) is 6.42 Å². The van der Waals surface area contributed by atoms with Crippen LogP contribution >= 0.6 is 0 Å². The summed E-state index contributed by atoms with van der Waals surface area (Å²) in [6.07, 6.45) is -1.67. The van der Waals surface area contributed by atoms with E-state index >= 15 is 0 Å². The number of hydrazine groups is 1. The fourth-order valence-corrected chi connectivity index (χ4v) is 1.02. The first-order valence-corrected chi connectivity index (χ1v) is 3.96. The summed E-state index contributed by atoms with van der Waals surface area (Å²) in [7, 11) is 0. The van der Waals surface area contributed by atoms with Crippen LogP contribution in [0.25, 0.3) is 0 Å². The Morgan fingerprint density at radius 1 is 1.50 bits per heavy atom. The molecule has 1 aromatic rings. The maximum absolute atomic E-state index is 12.2. The molecular weight excluding hydrogens is 195 g/mol. The zero-order valence-corrected chi connectivity index (χ0v) is 7.25. The molecule has 0 aliphatic heterocycles. The zero-order chi connectivity index (χ0) is 10.6. The molecule has 3 nitrogen and oxygen atoms in total. The summed E-state index contributed by atoms with van der Waals surface area (Å²) in [5.74, 6) is 4.82. The minimum atomic E-state index is -4.34. The van der Waals surface area contributed by atoms with Gasteiger partial charge in [0.25, 0.3) is 0 Å². The van der Waals surface area contributed by atoms with Gasteiger partial charge in [0.2, 0.25) is 0 Å². The molecule has 3 N–H and O–H groups in total. The number of nitrogens with one attached hydrogen (secondary N) is 1. The van der Waals surface area contributed by atoms with Gasteiger partial charge in [0.15, 0.2) is 0 Å². The van der Waals surface area contributed by atoms with E-state index in [9.17, 15) is 13.2 Å². The first-order valence-electron chi connectivity index (χ1n) is 3.96. The lowest BCUT2D eigenvalue weighted by Crippen LogP contribution is -2.47. The molecule has 78 valence electrons. The lowest BCUT2D eigenvalue weighted by Gasteiger charge is -2.18. The normalized spacial score (nSPS) is 14.0. The SMILES string of the molecule is NNC(Cc1cccnc1)C(F)(F)F. The summed E-state index contributed by atoms with van der Waals surface area (Å²) in [5.41, 5.74) is 2.23. The van der Waals surface area contributed by atoms with Crippen molar-refractivity contribution in [3.63, 3.8) is 0 Å². The minimum absolute atomic E-state index is 0.214. The van der Waals surface area contributed by atoms with Crippen molar-refractivity contribution < 1.29 is 13.2 Å². The van der Waals surface area contributed by atoms with Crippen LogP contribution in [0.2, 0.25) is 0 Å². The van der Waals surface area contributed by atoms with E-state index in [1.54, 1.807) is 17.6 Å². The molecule has 1 heterocycles. The number of pyridine rings is 1. The second kappa shape index (κ2) is 4.39. The lowest BCUT2D eigenvalue weighted by molar-refractivity contribution is -0.155. The van der Waals surface area contributed by atoms with Gasteiger partial charge in [0.1, 0.15) is 6.04 Å². The Bertz CT molecular complexity index is 273. The van der Waals surface area contributed by atoms with E-state index in [0.717, 1.165) is 0 Å². The molecule has 0 bridgehead atoms. The number of nitrogens with two attached hydrogens (primary N) is 1. The molecule has 0 spiro atoms. The predicted octanol–water partition coefficient (Wildman–Crippen LogP) is 1.02. The summed E-state index contributed by atoms with van der Waals surface area (Å²) in [6.45, 7) is 0. The van der Waals surface area contributed by atoms with E-state index in [2.05, 4.69) is 4.98 Å². The molecule has 1 rings (SSSR count). The van der Waals surface area contributed by atoms with Crippen molar-refractivity contribution in [2.24, 2.45) is 5.84 Å². The maximum atomic E-state index is 12.2. The van der Waals surface area contributed by atoms with Crippen LogP contribution in [0.5, 0.6) is 0 Å². The Labute approximate surface area is 79.1 Å². The van der Waals surface area contributed by atoms with Crippen LogP contribution in [0.4, 0.5) is 13.2 Å². The average Bonchev–Trinajstić information content (AvgIpc) is 2.14. The molecule has 0 aliphatic rings. The van der Waals surface area contributed by atoms with Crippen molar-refractivity contribution in [3.05, 3.63) is 30.1 Å². The number of hydrogen-bond acceptors (Lipinski definition) is 3. The first-order chi connectivity index (χ1) is 6.54. The summed E-state index contributed by atoms with van der Waals surface area (Å²) < 4.78 is 36.7. The van der Waals surface area contributed by atoms with Gasteiger partial charge in [-0.1, -0.05) is 6.07 Å². The fourth-order valence-electron chi connectivity index (χ4n) is 1.02. The summed E-state index contributed by atoms with van der Waals surface area (Å²) in [5, 5.41) is 0. The van der Waals surface area contributed by atoms with Crippen LogP contribution < -0.4 is 11.3 Å². The Morgan fingerprint density at radius 2 is 2.21 bits per heavy atom. The number of aromatic nitrogens is 1. The molecule has 0 aliphatic carbocycles. The second-order valence-electron chi connectivity index (χ2n) is 2.83. The zero-order valence-electron chi connectivity index (χ0n) is 7.25. The molecule has 1 atom stereocenters. The van der Waals surface area contributed by atoms with Crippen LogP contribution in [0.1, 0.15) is 5.56 Å². The smallest absolute Gasteiger partial charge is 0.271 e. The summed E-state index contributed by atoms with van der Waals surface area (Å²) in [6, 6.07) is 1.43. The predicted molar refractivity (Wildman–Crippen MR) is 45.1 cm³/mol. The van der Waals surface area contributed by atoms with Gasteiger partial charge in [0, 0.05) is 12.4 Å². The number of nitrogens with zero attached hydrogens (tertiary/aromatic N) is 1. The monoisotopic (exact) mass is 205 g/mol. The molecule has 0 saturated heterocycles. The first kappa shape index (κ1) is 10.9. The van der Waals surface area contributed by atoms with E-state index in [1.165, 1.54) is 12.4 Å². The average molecular weight is 205 g/mol. The topological polar surface area (TPSA) is 50.9 Å². The highest BCUT2D eigenvalue weighted by molar-refractivity contribution is 5.10. The van der Waals surface area contributed by atoms with Gasteiger partial charge in [-0.05, 0) is 18.1 Å². The number of halogens is 3. The van der Waals surface area contributed by atoms with Gasteiger partial charge in [-0.25, -0.2) is 5.43 Å². The highest BCUT2D eigenvalue weighted by Crippen LogP contribution is 2.22. The Kier molecular flexibility index (Phi) is 3.43. The molecule has 0 saturated carbocycles. The maximum Gasteiger partial charge on any atom is 0.405 e. The third-order valence-corrected chi connectivity index (χ3v) is 1.76. The Morgan fingerprint density at radius 3 is 2.64 bits per heavy atom. The molecule has 1 aromatic heterocycles. The third kappa shape index (κ3) is 2.97. The van der Waals surface area contributed by atoms with Crippen LogP contribution in [0.15, 0.2) is 24.5 Å². The van der Waals surface area contributed by atoms with E-state index < -0.39 is 12.2 Å². The van der Waals surface area contributed by atoms with Crippen molar-refractivity contribution in [3.8, 4) is 0 Å². The molecule has 0 fully saturated rings. The molecule has 0 radical (unpaired) electrons. The second-order valence-corrected chi connectivity index (χ2v) is 2.83. The molecular formula is C8H10F3N3. The highest BCUT2D eigenvalue weighted by atomic mass is 19.4. The summed E-state index contributed by atoms with van der Waals surface area (Å²) in [4.78, 5) is 3.72. The van der Waals surface area contributed by atoms with Gasteiger partial charge in [-0.2, -0.15) is 13.2 Å². The van der Waals surface area contributed by atoms with Crippen LogP contribution in [0.3, 0.4) is 0 Å². The van der Waals surface area contributed by atoms with Gasteiger partial charge in [0.05, 0.1) is 0 Å². The molecule has 14 heavy (non-hydrogen) atoms.